The van der Waals surface area contributed by atoms with Crippen LogP contribution in [0.1, 0.15) is 16.3 Å². The average Bonchev–Trinajstić information content (AvgIpc) is 2.70. The number of carbonyl (C=O) groups is 1. The van der Waals surface area contributed by atoms with Gasteiger partial charge >= 0.3 is 0 Å². The molecule has 1 amide bonds. The standard InChI is InChI=1S/C12H8BrClFNO2/c1-6-2-3-10(18-6)12(17)16-11-8(13)4-7(15)5-9(11)14/h2-5H,1H3,(H,16,17). The highest BCUT2D eigenvalue weighted by atomic mass is 79.9. The fourth-order valence-corrected chi connectivity index (χ4v) is 2.29. The van der Waals surface area contributed by atoms with Crippen molar-refractivity contribution in [3.8, 4) is 0 Å². The van der Waals surface area contributed by atoms with Gasteiger partial charge in [-0.1, -0.05) is 11.6 Å². The Balaban J connectivity index is 2.27. The number of amides is 1. The van der Waals surface area contributed by atoms with Crippen molar-refractivity contribution in [1.29, 1.82) is 0 Å². The molecule has 6 heteroatoms. The Morgan fingerprint density at radius 2 is 2.17 bits per heavy atom. The number of benzene rings is 1. The second-order valence-corrected chi connectivity index (χ2v) is 4.87. The van der Waals surface area contributed by atoms with Gasteiger partial charge in [-0.2, -0.15) is 0 Å². The minimum absolute atomic E-state index is 0.110. The lowest BCUT2D eigenvalue weighted by molar-refractivity contribution is 0.0995. The van der Waals surface area contributed by atoms with Crippen LogP contribution in [-0.2, 0) is 0 Å². The first-order chi connectivity index (χ1) is 8.47. The van der Waals surface area contributed by atoms with Gasteiger partial charge in [-0.25, -0.2) is 4.39 Å². The third-order valence-corrected chi connectivity index (χ3v) is 3.13. The zero-order valence-corrected chi connectivity index (χ0v) is 11.6. The lowest BCUT2D eigenvalue weighted by atomic mass is 10.3. The van der Waals surface area contributed by atoms with E-state index in [9.17, 15) is 9.18 Å². The van der Waals surface area contributed by atoms with E-state index in [1.54, 1.807) is 19.1 Å². The number of furan rings is 1. The number of aryl methyl sites for hydroxylation is 1. The normalized spacial score (nSPS) is 10.4. The molecule has 0 fully saturated rings. The van der Waals surface area contributed by atoms with Crippen molar-refractivity contribution < 1.29 is 13.6 Å². The van der Waals surface area contributed by atoms with Gasteiger partial charge in [-0.05, 0) is 47.1 Å². The van der Waals surface area contributed by atoms with Crippen LogP contribution in [0.25, 0.3) is 0 Å². The van der Waals surface area contributed by atoms with Crippen LogP contribution in [0, 0.1) is 12.7 Å². The highest BCUT2D eigenvalue weighted by Gasteiger charge is 2.15. The molecule has 94 valence electrons. The predicted molar refractivity (Wildman–Crippen MR) is 70.5 cm³/mol. The fourth-order valence-electron chi connectivity index (χ4n) is 1.39. The zero-order valence-electron chi connectivity index (χ0n) is 9.26. The maximum Gasteiger partial charge on any atom is 0.291 e. The van der Waals surface area contributed by atoms with Crippen molar-refractivity contribution in [3.05, 3.63) is 51.1 Å². The molecule has 0 saturated heterocycles. The molecule has 0 aliphatic heterocycles. The summed E-state index contributed by atoms with van der Waals surface area (Å²) in [6.07, 6.45) is 0. The van der Waals surface area contributed by atoms with Gasteiger partial charge in [0.05, 0.1) is 10.7 Å². The number of hydrogen-bond acceptors (Lipinski definition) is 2. The molecule has 1 aromatic carbocycles. The van der Waals surface area contributed by atoms with Crippen molar-refractivity contribution in [2.75, 3.05) is 5.32 Å². The maximum atomic E-state index is 13.0. The van der Waals surface area contributed by atoms with Gasteiger partial charge in [0.15, 0.2) is 5.76 Å². The average molecular weight is 333 g/mol. The third kappa shape index (κ3) is 2.73. The number of carbonyl (C=O) groups excluding carboxylic acids is 1. The van der Waals surface area contributed by atoms with Crippen molar-refractivity contribution >= 4 is 39.1 Å². The second kappa shape index (κ2) is 5.12. The molecule has 0 spiro atoms. The summed E-state index contributed by atoms with van der Waals surface area (Å²) < 4.78 is 18.6. The van der Waals surface area contributed by atoms with Crippen LogP contribution in [0.4, 0.5) is 10.1 Å². The number of hydrogen-bond donors (Lipinski definition) is 1. The van der Waals surface area contributed by atoms with E-state index in [1.807, 2.05) is 0 Å². The van der Waals surface area contributed by atoms with E-state index in [4.69, 9.17) is 16.0 Å². The van der Waals surface area contributed by atoms with Gasteiger partial charge in [0.25, 0.3) is 5.91 Å². The van der Waals surface area contributed by atoms with Crippen LogP contribution in [0.2, 0.25) is 5.02 Å². The predicted octanol–water partition coefficient (Wildman–Crippen LogP) is 4.40. The first-order valence-corrected chi connectivity index (χ1v) is 6.17. The minimum atomic E-state index is -0.487. The monoisotopic (exact) mass is 331 g/mol. The van der Waals surface area contributed by atoms with Crippen LogP contribution in [-0.4, -0.2) is 5.91 Å². The minimum Gasteiger partial charge on any atom is -0.456 e. The molecule has 0 bridgehead atoms. The van der Waals surface area contributed by atoms with Crippen LogP contribution >= 0.6 is 27.5 Å². The summed E-state index contributed by atoms with van der Waals surface area (Å²) in [5.74, 6) is -0.139. The molecule has 1 heterocycles. The summed E-state index contributed by atoms with van der Waals surface area (Å²) in [7, 11) is 0. The van der Waals surface area contributed by atoms with E-state index in [2.05, 4.69) is 21.2 Å². The highest BCUT2D eigenvalue weighted by molar-refractivity contribution is 9.10. The van der Waals surface area contributed by atoms with E-state index in [0.29, 0.717) is 15.9 Å². The zero-order chi connectivity index (χ0) is 13.3. The molecule has 0 aliphatic rings. The van der Waals surface area contributed by atoms with Crippen molar-refractivity contribution in [2.45, 2.75) is 6.92 Å². The van der Waals surface area contributed by atoms with Gasteiger partial charge in [0.2, 0.25) is 0 Å². The molecule has 3 nitrogen and oxygen atoms in total. The molecular weight excluding hydrogens is 324 g/mol. The first kappa shape index (κ1) is 13.1. The number of halogens is 3. The van der Waals surface area contributed by atoms with E-state index < -0.39 is 11.7 Å². The Hall–Kier alpha value is -1.33. The Morgan fingerprint density at radius 3 is 2.72 bits per heavy atom. The van der Waals surface area contributed by atoms with Gasteiger partial charge in [-0.3, -0.25) is 4.79 Å². The second-order valence-electron chi connectivity index (χ2n) is 3.61. The van der Waals surface area contributed by atoms with Gasteiger partial charge in [-0.15, -0.1) is 0 Å². The SMILES string of the molecule is Cc1ccc(C(=O)Nc2c(Cl)cc(F)cc2Br)o1. The summed E-state index contributed by atoms with van der Waals surface area (Å²) in [6, 6.07) is 5.57. The van der Waals surface area contributed by atoms with E-state index in [-0.39, 0.29) is 10.8 Å². The molecule has 2 aromatic rings. The topological polar surface area (TPSA) is 42.2 Å². The summed E-state index contributed by atoms with van der Waals surface area (Å²) >= 11 is 8.99. The summed E-state index contributed by atoms with van der Waals surface area (Å²) in [4.78, 5) is 11.8. The molecular formula is C12H8BrClFNO2. The molecule has 1 aromatic heterocycles. The van der Waals surface area contributed by atoms with Crippen molar-refractivity contribution in [3.63, 3.8) is 0 Å². The Morgan fingerprint density at radius 1 is 1.44 bits per heavy atom. The third-order valence-electron chi connectivity index (χ3n) is 2.21. The number of rotatable bonds is 2. The number of nitrogens with one attached hydrogen (secondary N) is 1. The molecule has 2 rings (SSSR count). The Bertz CT molecular complexity index is 589. The Kier molecular flexibility index (Phi) is 3.73. The van der Waals surface area contributed by atoms with Crippen LogP contribution < -0.4 is 5.32 Å². The summed E-state index contributed by atoms with van der Waals surface area (Å²) in [5, 5.41) is 2.67. The molecule has 0 radical (unpaired) electrons. The Labute approximate surface area is 116 Å². The molecule has 18 heavy (non-hydrogen) atoms. The summed E-state index contributed by atoms with van der Waals surface area (Å²) in [6.45, 7) is 1.73. The largest absolute Gasteiger partial charge is 0.456 e. The fraction of sp³-hybridized carbons (Fsp3) is 0.0833. The molecule has 0 unspecified atom stereocenters. The molecule has 0 aliphatic carbocycles. The quantitative estimate of drug-likeness (QED) is 0.886. The smallest absolute Gasteiger partial charge is 0.291 e. The van der Waals surface area contributed by atoms with Gasteiger partial charge < -0.3 is 9.73 Å². The van der Waals surface area contributed by atoms with Gasteiger partial charge in [0.1, 0.15) is 11.6 Å². The van der Waals surface area contributed by atoms with Crippen LogP contribution in [0.5, 0.6) is 0 Å². The lowest BCUT2D eigenvalue weighted by Gasteiger charge is -2.08. The first-order valence-electron chi connectivity index (χ1n) is 4.99. The van der Waals surface area contributed by atoms with Crippen molar-refractivity contribution in [1.82, 2.24) is 0 Å². The summed E-state index contributed by atoms with van der Waals surface area (Å²) in [5.41, 5.74) is 0.303. The van der Waals surface area contributed by atoms with E-state index >= 15 is 0 Å². The van der Waals surface area contributed by atoms with Crippen molar-refractivity contribution in [2.24, 2.45) is 0 Å². The molecule has 0 atom stereocenters. The lowest BCUT2D eigenvalue weighted by Crippen LogP contribution is -2.11. The molecule has 1 N–H and O–H groups in total. The van der Waals surface area contributed by atoms with Crippen LogP contribution in [0.15, 0.2) is 33.2 Å². The highest BCUT2D eigenvalue weighted by Crippen LogP contribution is 2.32. The molecule has 0 saturated carbocycles. The number of anilines is 1. The van der Waals surface area contributed by atoms with Crippen LogP contribution in [0.3, 0.4) is 0 Å². The van der Waals surface area contributed by atoms with E-state index in [1.165, 1.54) is 6.07 Å². The van der Waals surface area contributed by atoms with Gasteiger partial charge in [0, 0.05) is 4.47 Å². The van der Waals surface area contributed by atoms with E-state index in [0.717, 1.165) is 6.07 Å². The maximum absolute atomic E-state index is 13.0.